The molecule has 0 aromatic heterocycles. The van der Waals surface area contributed by atoms with Crippen molar-refractivity contribution >= 4 is 5.78 Å². The van der Waals surface area contributed by atoms with Crippen LogP contribution in [0.5, 0.6) is 5.75 Å². The van der Waals surface area contributed by atoms with Crippen LogP contribution in [0.3, 0.4) is 0 Å². The second-order valence-electron chi connectivity index (χ2n) is 4.59. The molecule has 100 valence electrons. The maximum Gasteiger partial charge on any atom is 0.145 e. The number of aliphatic hydroxyl groups is 1. The minimum atomic E-state index is -0.750. The fourth-order valence-corrected chi connectivity index (χ4v) is 2.47. The van der Waals surface area contributed by atoms with E-state index < -0.39 is 12.1 Å². The number of hydrogen-bond donors (Lipinski definition) is 1. The lowest BCUT2D eigenvalue weighted by molar-refractivity contribution is -0.125. The van der Waals surface area contributed by atoms with Crippen LogP contribution in [-0.4, -0.2) is 30.1 Å². The van der Waals surface area contributed by atoms with Gasteiger partial charge in [-0.2, -0.15) is 0 Å². The van der Waals surface area contributed by atoms with Crippen LogP contribution in [-0.2, 0) is 4.79 Å². The molecule has 1 aliphatic rings. The van der Waals surface area contributed by atoms with Crippen molar-refractivity contribution in [1.29, 1.82) is 0 Å². The Labute approximate surface area is 110 Å². The first-order valence-electron chi connectivity index (χ1n) is 6.04. The molecule has 0 bridgehead atoms. The summed E-state index contributed by atoms with van der Waals surface area (Å²) in [6, 6.07) is 6.51. The summed E-state index contributed by atoms with van der Waals surface area (Å²) < 4.78 is 5.14. The first-order chi connectivity index (χ1) is 9.15. The zero-order valence-corrected chi connectivity index (χ0v) is 10.6. The van der Waals surface area contributed by atoms with Gasteiger partial charge >= 0.3 is 0 Å². The second kappa shape index (κ2) is 5.73. The number of Topliss-reactive ketones (excluding diaryl/α,β-unsaturated/α-hetero) is 1. The number of rotatable bonds is 3. The second-order valence-corrected chi connectivity index (χ2v) is 4.59. The number of aliphatic hydroxyl groups excluding tert-OH is 1. The molecule has 6 heteroatoms. The summed E-state index contributed by atoms with van der Waals surface area (Å²) in [7, 11) is 1.56. The zero-order chi connectivity index (χ0) is 13.8. The third kappa shape index (κ3) is 2.86. The SMILES string of the molecule is COc1cccc([C@@H]2C[C@@H](O)CC(=O)[C@H]2N=[N+]=[N-])c1. The molecular formula is C13H15N3O3. The molecule has 1 aliphatic carbocycles. The third-order valence-corrected chi connectivity index (χ3v) is 3.37. The number of nitrogens with zero attached hydrogens (tertiary/aromatic N) is 3. The van der Waals surface area contributed by atoms with Gasteiger partial charge < -0.3 is 9.84 Å². The molecule has 0 amide bonds. The van der Waals surface area contributed by atoms with Crippen LogP contribution >= 0.6 is 0 Å². The maximum absolute atomic E-state index is 11.9. The number of ketones is 1. The van der Waals surface area contributed by atoms with Gasteiger partial charge in [-0.25, -0.2) is 0 Å². The Morgan fingerprint density at radius 1 is 1.53 bits per heavy atom. The van der Waals surface area contributed by atoms with Gasteiger partial charge in [-0.1, -0.05) is 17.2 Å². The van der Waals surface area contributed by atoms with Crippen molar-refractivity contribution in [1.82, 2.24) is 0 Å². The van der Waals surface area contributed by atoms with Gasteiger partial charge in [0, 0.05) is 17.3 Å². The van der Waals surface area contributed by atoms with Crippen molar-refractivity contribution in [3.8, 4) is 5.75 Å². The van der Waals surface area contributed by atoms with Crippen molar-refractivity contribution in [3.63, 3.8) is 0 Å². The molecule has 1 aromatic carbocycles. The molecule has 1 N–H and O–H groups in total. The minimum Gasteiger partial charge on any atom is -0.497 e. The van der Waals surface area contributed by atoms with E-state index >= 15 is 0 Å². The summed E-state index contributed by atoms with van der Waals surface area (Å²) in [6.07, 6.45) is -0.235. The van der Waals surface area contributed by atoms with E-state index in [-0.39, 0.29) is 18.1 Å². The van der Waals surface area contributed by atoms with Gasteiger partial charge in [-0.15, -0.1) is 0 Å². The number of azide groups is 1. The van der Waals surface area contributed by atoms with E-state index in [9.17, 15) is 9.90 Å². The summed E-state index contributed by atoms with van der Waals surface area (Å²) in [5, 5.41) is 13.3. The van der Waals surface area contributed by atoms with Crippen LogP contribution in [0, 0.1) is 0 Å². The molecule has 1 aromatic rings. The first-order valence-corrected chi connectivity index (χ1v) is 6.04. The predicted molar refractivity (Wildman–Crippen MR) is 68.9 cm³/mol. The molecule has 1 fully saturated rings. The first kappa shape index (κ1) is 13.4. The predicted octanol–water partition coefficient (Wildman–Crippen LogP) is 2.18. The van der Waals surface area contributed by atoms with E-state index in [2.05, 4.69) is 10.0 Å². The summed E-state index contributed by atoms with van der Waals surface area (Å²) in [5.74, 6) is 0.149. The molecule has 0 saturated heterocycles. The van der Waals surface area contributed by atoms with Crippen LogP contribution < -0.4 is 4.74 Å². The van der Waals surface area contributed by atoms with Crippen LogP contribution in [0.2, 0.25) is 0 Å². The van der Waals surface area contributed by atoms with Crippen LogP contribution in [0.25, 0.3) is 10.4 Å². The Morgan fingerprint density at radius 3 is 3.00 bits per heavy atom. The van der Waals surface area contributed by atoms with Crippen molar-refractivity contribution < 1.29 is 14.6 Å². The highest BCUT2D eigenvalue weighted by molar-refractivity contribution is 5.86. The number of methoxy groups -OCH3 is 1. The number of ether oxygens (including phenoxy) is 1. The molecule has 0 unspecified atom stereocenters. The highest BCUT2D eigenvalue weighted by Crippen LogP contribution is 2.35. The number of carbonyl (C=O) groups excluding carboxylic acids is 1. The van der Waals surface area contributed by atoms with E-state index in [4.69, 9.17) is 10.3 Å². The van der Waals surface area contributed by atoms with E-state index in [0.717, 1.165) is 5.56 Å². The topological polar surface area (TPSA) is 95.3 Å². The summed E-state index contributed by atoms with van der Waals surface area (Å²) in [6.45, 7) is 0. The molecule has 0 radical (unpaired) electrons. The van der Waals surface area contributed by atoms with Gasteiger partial charge in [0.25, 0.3) is 0 Å². The fraction of sp³-hybridized carbons (Fsp3) is 0.462. The lowest BCUT2D eigenvalue weighted by Gasteiger charge is -2.30. The smallest absolute Gasteiger partial charge is 0.145 e. The van der Waals surface area contributed by atoms with Crippen molar-refractivity contribution in [2.45, 2.75) is 30.9 Å². The van der Waals surface area contributed by atoms with Gasteiger partial charge in [0.2, 0.25) is 0 Å². The number of benzene rings is 1. The molecule has 0 spiro atoms. The molecule has 0 aliphatic heterocycles. The fourth-order valence-electron chi connectivity index (χ4n) is 2.47. The normalized spacial score (nSPS) is 26.6. The van der Waals surface area contributed by atoms with E-state index in [1.165, 1.54) is 0 Å². The summed E-state index contributed by atoms with van der Waals surface area (Å²) in [4.78, 5) is 14.6. The average molecular weight is 261 g/mol. The van der Waals surface area contributed by atoms with Crippen LogP contribution in [0.15, 0.2) is 29.4 Å². The highest BCUT2D eigenvalue weighted by atomic mass is 16.5. The largest absolute Gasteiger partial charge is 0.497 e. The number of hydrogen-bond acceptors (Lipinski definition) is 4. The van der Waals surface area contributed by atoms with Crippen LogP contribution in [0.4, 0.5) is 0 Å². The number of carbonyl (C=O) groups is 1. The Balaban J connectivity index is 2.37. The highest BCUT2D eigenvalue weighted by Gasteiger charge is 2.36. The standard InChI is InChI=1S/C13H15N3O3/c1-19-10-4-2-3-8(5-10)11-6-9(17)7-12(18)13(11)15-16-14/h2-5,9,11,13,17H,6-7H2,1H3/t9-,11+,13+/m1/s1. The Hall–Kier alpha value is -2.04. The van der Waals surface area contributed by atoms with Gasteiger partial charge in [-0.05, 0) is 29.6 Å². The molecule has 19 heavy (non-hydrogen) atoms. The molecule has 1 saturated carbocycles. The van der Waals surface area contributed by atoms with Crippen LogP contribution in [0.1, 0.15) is 24.3 Å². The van der Waals surface area contributed by atoms with Crippen molar-refractivity contribution in [2.75, 3.05) is 7.11 Å². The lowest BCUT2D eigenvalue weighted by atomic mass is 9.78. The molecule has 3 atom stereocenters. The minimum absolute atomic E-state index is 0.0458. The maximum atomic E-state index is 11.9. The van der Waals surface area contributed by atoms with Gasteiger partial charge in [0.15, 0.2) is 0 Å². The third-order valence-electron chi connectivity index (χ3n) is 3.37. The van der Waals surface area contributed by atoms with Gasteiger partial charge in [0.1, 0.15) is 17.6 Å². The lowest BCUT2D eigenvalue weighted by Crippen LogP contribution is -2.37. The van der Waals surface area contributed by atoms with Gasteiger partial charge in [-0.3, -0.25) is 4.79 Å². The zero-order valence-electron chi connectivity index (χ0n) is 10.6. The monoisotopic (exact) mass is 261 g/mol. The van der Waals surface area contributed by atoms with E-state index in [1.54, 1.807) is 19.2 Å². The van der Waals surface area contributed by atoms with E-state index in [0.29, 0.717) is 12.2 Å². The Bertz CT molecular complexity index is 526. The van der Waals surface area contributed by atoms with E-state index in [1.807, 2.05) is 12.1 Å². The summed E-state index contributed by atoms with van der Waals surface area (Å²) in [5.41, 5.74) is 9.42. The molecule has 0 heterocycles. The molecular weight excluding hydrogens is 246 g/mol. The van der Waals surface area contributed by atoms with Gasteiger partial charge in [0.05, 0.1) is 13.2 Å². The average Bonchev–Trinajstić information content (AvgIpc) is 2.41. The van der Waals surface area contributed by atoms with Crippen molar-refractivity contribution in [3.05, 3.63) is 40.3 Å². The quantitative estimate of drug-likeness (QED) is 0.513. The Kier molecular flexibility index (Phi) is 4.04. The summed E-state index contributed by atoms with van der Waals surface area (Å²) >= 11 is 0. The molecule has 2 rings (SSSR count). The molecule has 6 nitrogen and oxygen atoms in total. The van der Waals surface area contributed by atoms with Crippen molar-refractivity contribution in [2.24, 2.45) is 5.11 Å². The Morgan fingerprint density at radius 2 is 2.32 bits per heavy atom.